The summed E-state index contributed by atoms with van der Waals surface area (Å²) in [6.07, 6.45) is 2.09. The quantitative estimate of drug-likeness (QED) is 0.440. The first-order valence-corrected chi connectivity index (χ1v) is 4.44. The van der Waals surface area contributed by atoms with Crippen molar-refractivity contribution in [3.05, 3.63) is 49.6 Å². The Morgan fingerprint density at radius 3 is 1.81 bits per heavy atom. The Balaban J connectivity index is 2.78. The highest BCUT2D eigenvalue weighted by Gasteiger charge is 2.03. The summed E-state index contributed by atoms with van der Waals surface area (Å²) < 4.78 is 9.69. The van der Waals surface area contributed by atoms with Crippen LogP contribution < -0.4 is 9.47 Å². The van der Waals surface area contributed by atoms with Crippen LogP contribution in [0, 0.1) is 0 Å². The summed E-state index contributed by atoms with van der Waals surface area (Å²) in [5, 5.41) is 0. The molecule has 0 saturated heterocycles. The van der Waals surface area contributed by atoms with E-state index in [1.807, 2.05) is 0 Å². The molecule has 0 amide bonds. The smallest absolute Gasteiger partial charge is 0.335 e. The van der Waals surface area contributed by atoms with E-state index in [0.29, 0.717) is 0 Å². The number of hydrogen-bond acceptors (Lipinski definition) is 4. The Morgan fingerprint density at radius 2 is 1.44 bits per heavy atom. The molecule has 1 aromatic carbocycles. The van der Waals surface area contributed by atoms with Crippen molar-refractivity contribution in [1.82, 2.24) is 0 Å². The lowest BCUT2D eigenvalue weighted by molar-refractivity contribution is -0.129. The van der Waals surface area contributed by atoms with E-state index < -0.39 is 11.9 Å². The summed E-state index contributed by atoms with van der Waals surface area (Å²) in [5.41, 5.74) is 0. The number of benzene rings is 1. The summed E-state index contributed by atoms with van der Waals surface area (Å²) >= 11 is 0. The number of esters is 2. The number of rotatable bonds is 4. The van der Waals surface area contributed by atoms with Crippen LogP contribution in [-0.4, -0.2) is 11.9 Å². The van der Waals surface area contributed by atoms with Gasteiger partial charge in [-0.3, -0.25) is 0 Å². The molecular weight excluding hydrogens is 208 g/mol. The Kier molecular flexibility index (Phi) is 4.03. The molecule has 0 radical (unpaired) electrons. The van der Waals surface area contributed by atoms with Crippen molar-refractivity contribution in [3.63, 3.8) is 0 Å². The molecule has 1 aromatic rings. The van der Waals surface area contributed by atoms with E-state index in [-0.39, 0.29) is 11.5 Å². The van der Waals surface area contributed by atoms with Crippen LogP contribution in [-0.2, 0) is 9.59 Å². The summed E-state index contributed by atoms with van der Waals surface area (Å²) in [6, 6.07) is 6.14. The largest absolute Gasteiger partial charge is 0.423 e. The zero-order chi connectivity index (χ0) is 12.0. The highest BCUT2D eigenvalue weighted by molar-refractivity contribution is 5.84. The Morgan fingerprint density at radius 1 is 1.00 bits per heavy atom. The molecule has 0 heterocycles. The van der Waals surface area contributed by atoms with Gasteiger partial charge in [0.2, 0.25) is 0 Å². The lowest BCUT2D eigenvalue weighted by Gasteiger charge is -2.04. The molecule has 0 atom stereocenters. The zero-order valence-electron chi connectivity index (χ0n) is 8.51. The van der Waals surface area contributed by atoms with Crippen LogP contribution in [0.15, 0.2) is 49.6 Å². The highest BCUT2D eigenvalue weighted by atomic mass is 16.5. The van der Waals surface area contributed by atoms with Crippen molar-refractivity contribution in [3.8, 4) is 11.5 Å². The van der Waals surface area contributed by atoms with Gasteiger partial charge in [0.1, 0.15) is 11.5 Å². The number of carbonyl (C=O) groups excluding carboxylic acids is 2. The van der Waals surface area contributed by atoms with Gasteiger partial charge in [0, 0.05) is 18.2 Å². The molecule has 0 saturated carbocycles. The Labute approximate surface area is 92.8 Å². The van der Waals surface area contributed by atoms with Crippen molar-refractivity contribution in [2.24, 2.45) is 0 Å². The van der Waals surface area contributed by atoms with E-state index in [4.69, 9.17) is 9.47 Å². The third-order valence-corrected chi connectivity index (χ3v) is 1.58. The van der Waals surface area contributed by atoms with Gasteiger partial charge >= 0.3 is 11.9 Å². The fourth-order valence-corrected chi connectivity index (χ4v) is 0.917. The molecule has 0 N–H and O–H groups in total. The van der Waals surface area contributed by atoms with Crippen LogP contribution in [0.2, 0.25) is 0 Å². The first kappa shape index (κ1) is 11.7. The monoisotopic (exact) mass is 218 g/mol. The molecule has 4 heteroatoms. The molecule has 16 heavy (non-hydrogen) atoms. The van der Waals surface area contributed by atoms with E-state index in [1.165, 1.54) is 6.07 Å². The second-order valence-electron chi connectivity index (χ2n) is 2.73. The second kappa shape index (κ2) is 5.50. The van der Waals surface area contributed by atoms with Gasteiger partial charge in [0.25, 0.3) is 0 Å². The summed E-state index contributed by atoms with van der Waals surface area (Å²) in [4.78, 5) is 21.8. The first-order valence-electron chi connectivity index (χ1n) is 4.44. The molecule has 82 valence electrons. The standard InChI is InChI=1S/C12H10O4/c1-3-11(13)15-9-6-5-7-10(8-9)16-12(14)4-2/h3-8H,1-2H2. The van der Waals surface area contributed by atoms with Crippen LogP contribution in [0.25, 0.3) is 0 Å². The van der Waals surface area contributed by atoms with Crippen molar-refractivity contribution < 1.29 is 19.1 Å². The fourth-order valence-electron chi connectivity index (χ4n) is 0.917. The molecule has 0 aliphatic heterocycles. The van der Waals surface area contributed by atoms with E-state index in [9.17, 15) is 9.59 Å². The average Bonchev–Trinajstić information content (AvgIpc) is 2.29. The van der Waals surface area contributed by atoms with E-state index in [2.05, 4.69) is 13.2 Å². The van der Waals surface area contributed by atoms with Crippen molar-refractivity contribution in [2.75, 3.05) is 0 Å². The third-order valence-electron chi connectivity index (χ3n) is 1.58. The average molecular weight is 218 g/mol. The summed E-state index contributed by atoms with van der Waals surface area (Å²) in [6.45, 7) is 6.54. The lowest BCUT2D eigenvalue weighted by Crippen LogP contribution is -2.05. The predicted octanol–water partition coefficient (Wildman–Crippen LogP) is 1.87. The van der Waals surface area contributed by atoms with Crippen LogP contribution in [0.1, 0.15) is 0 Å². The van der Waals surface area contributed by atoms with Gasteiger partial charge in [0.15, 0.2) is 0 Å². The lowest BCUT2D eigenvalue weighted by atomic mass is 10.3. The van der Waals surface area contributed by atoms with Crippen molar-refractivity contribution >= 4 is 11.9 Å². The van der Waals surface area contributed by atoms with Gasteiger partial charge in [-0.25, -0.2) is 9.59 Å². The molecule has 0 bridgehead atoms. The minimum atomic E-state index is -0.577. The van der Waals surface area contributed by atoms with Gasteiger partial charge in [-0.1, -0.05) is 19.2 Å². The maximum absolute atomic E-state index is 10.9. The van der Waals surface area contributed by atoms with Crippen LogP contribution in [0.4, 0.5) is 0 Å². The predicted molar refractivity (Wildman–Crippen MR) is 58.1 cm³/mol. The fraction of sp³-hybridized carbons (Fsp3) is 0. The molecule has 0 unspecified atom stereocenters. The zero-order valence-corrected chi connectivity index (χ0v) is 8.51. The van der Waals surface area contributed by atoms with Gasteiger partial charge in [0.05, 0.1) is 0 Å². The summed E-state index contributed by atoms with van der Waals surface area (Å²) in [5.74, 6) is -0.599. The first-order chi connectivity index (χ1) is 7.65. The van der Waals surface area contributed by atoms with Crippen molar-refractivity contribution in [2.45, 2.75) is 0 Å². The van der Waals surface area contributed by atoms with Gasteiger partial charge < -0.3 is 9.47 Å². The Hall–Kier alpha value is -2.36. The minimum absolute atomic E-state index is 0.277. The molecule has 0 spiro atoms. The van der Waals surface area contributed by atoms with E-state index in [0.717, 1.165) is 12.2 Å². The highest BCUT2D eigenvalue weighted by Crippen LogP contribution is 2.19. The molecule has 0 aliphatic carbocycles. The molecule has 4 nitrogen and oxygen atoms in total. The van der Waals surface area contributed by atoms with Gasteiger partial charge in [-0.2, -0.15) is 0 Å². The molecule has 0 aliphatic rings. The molecule has 0 aromatic heterocycles. The normalized spacial score (nSPS) is 9.00. The molecular formula is C12H10O4. The molecule has 1 rings (SSSR count). The van der Waals surface area contributed by atoms with Gasteiger partial charge in [-0.05, 0) is 12.1 Å². The van der Waals surface area contributed by atoms with Gasteiger partial charge in [-0.15, -0.1) is 0 Å². The number of hydrogen-bond donors (Lipinski definition) is 0. The number of ether oxygens (including phenoxy) is 2. The topological polar surface area (TPSA) is 52.6 Å². The number of carbonyl (C=O) groups is 2. The van der Waals surface area contributed by atoms with Crippen LogP contribution in [0.5, 0.6) is 11.5 Å². The maximum atomic E-state index is 10.9. The van der Waals surface area contributed by atoms with Crippen LogP contribution >= 0.6 is 0 Å². The third kappa shape index (κ3) is 3.42. The maximum Gasteiger partial charge on any atom is 0.335 e. The van der Waals surface area contributed by atoms with Crippen molar-refractivity contribution in [1.29, 1.82) is 0 Å². The Bertz CT molecular complexity index is 397. The SMILES string of the molecule is C=CC(=O)Oc1cccc(OC(=O)C=C)c1. The summed E-state index contributed by atoms with van der Waals surface area (Å²) in [7, 11) is 0. The molecule has 0 fully saturated rings. The second-order valence-corrected chi connectivity index (χ2v) is 2.73. The minimum Gasteiger partial charge on any atom is -0.423 e. The van der Waals surface area contributed by atoms with E-state index >= 15 is 0 Å². The van der Waals surface area contributed by atoms with E-state index in [1.54, 1.807) is 18.2 Å². The van der Waals surface area contributed by atoms with Crippen LogP contribution in [0.3, 0.4) is 0 Å².